The summed E-state index contributed by atoms with van der Waals surface area (Å²) >= 11 is 0. The number of nitrogens with zero attached hydrogens (tertiary/aromatic N) is 2. The molecule has 130 valence electrons. The normalized spacial score (nSPS) is 20.4. The van der Waals surface area contributed by atoms with Crippen molar-refractivity contribution in [2.24, 2.45) is 0 Å². The Morgan fingerprint density at radius 2 is 1.83 bits per heavy atom. The molecule has 3 amide bonds. The van der Waals surface area contributed by atoms with Gasteiger partial charge in [0, 0.05) is 39.5 Å². The van der Waals surface area contributed by atoms with Gasteiger partial charge in [-0.3, -0.25) is 9.59 Å². The van der Waals surface area contributed by atoms with Crippen molar-refractivity contribution in [3.05, 3.63) is 0 Å². The second kappa shape index (κ2) is 7.66. The molecule has 0 atom stereocenters. The monoisotopic (exact) mass is 325 g/mol. The van der Waals surface area contributed by atoms with Crippen LogP contribution in [0, 0.1) is 0 Å². The van der Waals surface area contributed by atoms with E-state index in [1.54, 1.807) is 11.8 Å². The van der Waals surface area contributed by atoms with Crippen molar-refractivity contribution in [2.45, 2.75) is 57.4 Å². The van der Waals surface area contributed by atoms with E-state index in [1.807, 2.05) is 4.90 Å². The summed E-state index contributed by atoms with van der Waals surface area (Å²) in [5, 5.41) is 11.4. The van der Waals surface area contributed by atoms with E-state index in [-0.39, 0.29) is 23.9 Å². The number of carboxylic acid groups (broad SMARTS) is 1. The quantitative estimate of drug-likeness (QED) is 0.765. The van der Waals surface area contributed by atoms with Gasteiger partial charge >= 0.3 is 12.0 Å². The molecule has 0 bridgehead atoms. The van der Waals surface area contributed by atoms with E-state index in [2.05, 4.69) is 5.32 Å². The summed E-state index contributed by atoms with van der Waals surface area (Å²) in [6.45, 7) is 3.67. The van der Waals surface area contributed by atoms with E-state index in [0.29, 0.717) is 32.6 Å². The Labute approximate surface area is 137 Å². The van der Waals surface area contributed by atoms with Gasteiger partial charge in [0.05, 0.1) is 5.54 Å². The Bertz CT molecular complexity index is 460. The van der Waals surface area contributed by atoms with E-state index in [4.69, 9.17) is 5.11 Å². The van der Waals surface area contributed by atoms with Gasteiger partial charge in [-0.25, -0.2) is 4.79 Å². The molecule has 1 saturated heterocycles. The van der Waals surface area contributed by atoms with Crippen LogP contribution in [0.1, 0.15) is 51.9 Å². The first-order valence-corrected chi connectivity index (χ1v) is 8.47. The van der Waals surface area contributed by atoms with Gasteiger partial charge in [-0.05, 0) is 19.3 Å². The summed E-state index contributed by atoms with van der Waals surface area (Å²) in [4.78, 5) is 38.5. The standard InChI is InChI=1S/C16H27N3O4/c1-13(20)19-11-10-18(12-16(19)7-3-2-4-8-16)15(23)17-9-5-6-14(21)22/h2-12H2,1H3,(H,17,23)(H,21,22). The lowest BCUT2D eigenvalue weighted by atomic mass is 9.78. The van der Waals surface area contributed by atoms with Gasteiger partial charge in [-0.15, -0.1) is 0 Å². The summed E-state index contributed by atoms with van der Waals surface area (Å²) in [5.41, 5.74) is -0.208. The minimum Gasteiger partial charge on any atom is -0.481 e. The summed E-state index contributed by atoms with van der Waals surface area (Å²) in [5.74, 6) is -0.760. The fourth-order valence-electron chi connectivity index (χ4n) is 3.83. The number of carboxylic acids is 1. The molecule has 0 unspecified atom stereocenters. The van der Waals surface area contributed by atoms with Crippen molar-refractivity contribution >= 4 is 17.9 Å². The lowest BCUT2D eigenvalue weighted by Crippen LogP contribution is -2.66. The Hall–Kier alpha value is -1.79. The van der Waals surface area contributed by atoms with Crippen LogP contribution in [0.15, 0.2) is 0 Å². The van der Waals surface area contributed by atoms with Crippen molar-refractivity contribution in [1.29, 1.82) is 0 Å². The Morgan fingerprint density at radius 3 is 2.43 bits per heavy atom. The van der Waals surface area contributed by atoms with Crippen LogP contribution in [-0.2, 0) is 9.59 Å². The first-order valence-electron chi connectivity index (χ1n) is 8.47. The van der Waals surface area contributed by atoms with Crippen molar-refractivity contribution < 1.29 is 19.5 Å². The number of hydrogen-bond acceptors (Lipinski definition) is 3. The van der Waals surface area contributed by atoms with Gasteiger partial charge in [0.1, 0.15) is 0 Å². The topological polar surface area (TPSA) is 90.0 Å². The van der Waals surface area contributed by atoms with Gasteiger partial charge in [0.15, 0.2) is 0 Å². The Morgan fingerprint density at radius 1 is 1.13 bits per heavy atom. The molecule has 1 spiro atoms. The van der Waals surface area contributed by atoms with Crippen LogP contribution in [0.3, 0.4) is 0 Å². The Balaban J connectivity index is 1.93. The number of aliphatic carboxylic acids is 1. The van der Waals surface area contributed by atoms with Gasteiger partial charge in [0.25, 0.3) is 0 Å². The zero-order valence-electron chi connectivity index (χ0n) is 13.8. The van der Waals surface area contributed by atoms with Gasteiger partial charge in [-0.1, -0.05) is 19.3 Å². The summed E-state index contributed by atoms with van der Waals surface area (Å²) in [6.07, 6.45) is 5.78. The summed E-state index contributed by atoms with van der Waals surface area (Å²) in [6, 6.07) is -0.150. The number of carbonyl (C=O) groups is 3. The SMILES string of the molecule is CC(=O)N1CCN(C(=O)NCCCC(=O)O)CC12CCCCC2. The Kier molecular flexibility index (Phi) is 5.85. The number of rotatable bonds is 4. The molecule has 7 nitrogen and oxygen atoms in total. The lowest BCUT2D eigenvalue weighted by molar-refractivity contribution is -0.141. The number of carbonyl (C=O) groups excluding carboxylic acids is 2. The molecule has 0 aromatic carbocycles. The van der Waals surface area contributed by atoms with Crippen LogP contribution in [0.2, 0.25) is 0 Å². The molecule has 2 fully saturated rings. The number of nitrogens with one attached hydrogen (secondary N) is 1. The van der Waals surface area contributed by atoms with Crippen LogP contribution in [0.5, 0.6) is 0 Å². The van der Waals surface area contributed by atoms with E-state index in [9.17, 15) is 14.4 Å². The average Bonchev–Trinajstić information content (AvgIpc) is 2.51. The minimum absolute atomic E-state index is 0.0579. The molecule has 2 N–H and O–H groups in total. The second-order valence-corrected chi connectivity index (χ2v) is 6.61. The predicted molar refractivity (Wildman–Crippen MR) is 85.0 cm³/mol. The summed E-state index contributed by atoms with van der Waals surface area (Å²) < 4.78 is 0. The minimum atomic E-state index is -0.851. The number of amides is 3. The third-order valence-corrected chi connectivity index (χ3v) is 4.95. The highest BCUT2D eigenvalue weighted by Crippen LogP contribution is 2.36. The number of urea groups is 1. The third-order valence-electron chi connectivity index (χ3n) is 4.95. The van der Waals surface area contributed by atoms with E-state index >= 15 is 0 Å². The highest BCUT2D eigenvalue weighted by atomic mass is 16.4. The van der Waals surface area contributed by atoms with Crippen molar-refractivity contribution in [3.8, 4) is 0 Å². The number of piperazine rings is 1. The van der Waals surface area contributed by atoms with Crippen molar-refractivity contribution in [2.75, 3.05) is 26.2 Å². The predicted octanol–water partition coefficient (Wildman–Crippen LogP) is 1.43. The van der Waals surface area contributed by atoms with Gasteiger partial charge < -0.3 is 20.2 Å². The average molecular weight is 325 g/mol. The van der Waals surface area contributed by atoms with Gasteiger partial charge in [0.2, 0.25) is 5.91 Å². The molecule has 2 aliphatic rings. The molecule has 1 saturated carbocycles. The largest absolute Gasteiger partial charge is 0.481 e. The van der Waals surface area contributed by atoms with Crippen molar-refractivity contribution in [3.63, 3.8) is 0 Å². The first-order chi connectivity index (χ1) is 10.9. The van der Waals surface area contributed by atoms with E-state index < -0.39 is 5.97 Å². The van der Waals surface area contributed by atoms with Crippen molar-refractivity contribution in [1.82, 2.24) is 15.1 Å². The number of hydrogen-bond donors (Lipinski definition) is 2. The second-order valence-electron chi connectivity index (χ2n) is 6.61. The molecule has 0 radical (unpaired) electrons. The fourth-order valence-corrected chi connectivity index (χ4v) is 3.83. The molecular weight excluding hydrogens is 298 g/mol. The molecule has 1 aliphatic carbocycles. The van der Waals surface area contributed by atoms with Crippen LogP contribution in [0.25, 0.3) is 0 Å². The van der Waals surface area contributed by atoms with Crippen LogP contribution < -0.4 is 5.32 Å². The lowest BCUT2D eigenvalue weighted by Gasteiger charge is -2.52. The molecule has 23 heavy (non-hydrogen) atoms. The maximum Gasteiger partial charge on any atom is 0.317 e. The van der Waals surface area contributed by atoms with Crippen LogP contribution in [-0.4, -0.2) is 64.5 Å². The van der Waals surface area contributed by atoms with Gasteiger partial charge in [-0.2, -0.15) is 0 Å². The zero-order chi connectivity index (χ0) is 16.9. The maximum absolute atomic E-state index is 12.3. The van der Waals surface area contributed by atoms with E-state index in [0.717, 1.165) is 25.7 Å². The smallest absolute Gasteiger partial charge is 0.317 e. The molecular formula is C16H27N3O4. The van der Waals surface area contributed by atoms with Crippen LogP contribution >= 0.6 is 0 Å². The first kappa shape index (κ1) is 17.6. The molecule has 1 aliphatic heterocycles. The fraction of sp³-hybridized carbons (Fsp3) is 0.812. The van der Waals surface area contributed by atoms with E-state index in [1.165, 1.54) is 6.42 Å². The maximum atomic E-state index is 12.3. The highest BCUT2D eigenvalue weighted by Gasteiger charge is 2.44. The molecule has 1 heterocycles. The zero-order valence-corrected chi connectivity index (χ0v) is 13.8. The molecule has 2 rings (SSSR count). The highest BCUT2D eigenvalue weighted by molar-refractivity contribution is 5.77. The molecule has 0 aromatic rings. The molecule has 0 aromatic heterocycles. The third kappa shape index (κ3) is 4.36. The summed E-state index contributed by atoms with van der Waals surface area (Å²) in [7, 11) is 0. The van der Waals surface area contributed by atoms with Crippen LogP contribution in [0.4, 0.5) is 4.79 Å². The molecule has 7 heteroatoms.